The van der Waals surface area contributed by atoms with Gasteiger partial charge in [-0.3, -0.25) is 9.59 Å². The topological polar surface area (TPSA) is 43.4 Å². The first kappa shape index (κ1) is 11.2. The second kappa shape index (κ2) is 5.75. The molecule has 1 aromatic rings. The molecule has 0 radical (unpaired) electrons. The number of carbonyl (C=O) groups is 2. The van der Waals surface area contributed by atoms with Crippen LogP contribution >= 0.6 is 0 Å². The fourth-order valence-corrected chi connectivity index (χ4v) is 1.20. The van der Waals surface area contributed by atoms with Crippen molar-refractivity contribution in [2.75, 3.05) is 7.11 Å². The Bertz CT molecular complexity index is 380. The highest BCUT2D eigenvalue weighted by Crippen LogP contribution is 2.08. The number of esters is 1. The summed E-state index contributed by atoms with van der Waals surface area (Å²) in [5, 5.41) is 0. The summed E-state index contributed by atoms with van der Waals surface area (Å²) in [6.45, 7) is 0. The molecular weight excluding hydrogens is 192 g/mol. The Hall–Kier alpha value is -1.90. The molecule has 3 heteroatoms. The molecule has 0 saturated heterocycles. The van der Waals surface area contributed by atoms with Crippen LogP contribution in [0.5, 0.6) is 0 Å². The van der Waals surface area contributed by atoms with Crippen LogP contribution in [-0.2, 0) is 20.7 Å². The Morgan fingerprint density at radius 1 is 1.47 bits per heavy atom. The summed E-state index contributed by atoms with van der Waals surface area (Å²) >= 11 is 0. The van der Waals surface area contributed by atoms with Crippen molar-refractivity contribution in [3.8, 4) is 0 Å². The molecule has 78 valence electrons. The SMILES string of the molecule is COC(=O)Cc1cccc(C=CC=O)c1. The normalized spacial score (nSPS) is 10.2. The van der Waals surface area contributed by atoms with Crippen LogP contribution in [0.3, 0.4) is 0 Å². The molecule has 0 fully saturated rings. The molecule has 0 heterocycles. The van der Waals surface area contributed by atoms with Gasteiger partial charge in [-0.15, -0.1) is 0 Å². The van der Waals surface area contributed by atoms with E-state index in [0.29, 0.717) is 6.29 Å². The predicted molar refractivity (Wildman–Crippen MR) is 57.3 cm³/mol. The Balaban J connectivity index is 2.78. The van der Waals surface area contributed by atoms with E-state index in [1.165, 1.54) is 13.2 Å². The van der Waals surface area contributed by atoms with Crippen molar-refractivity contribution < 1.29 is 14.3 Å². The lowest BCUT2D eigenvalue weighted by molar-refractivity contribution is -0.139. The predicted octanol–water partition coefficient (Wildman–Crippen LogP) is 1.61. The van der Waals surface area contributed by atoms with Gasteiger partial charge in [0.25, 0.3) is 0 Å². The van der Waals surface area contributed by atoms with Crippen molar-refractivity contribution in [2.24, 2.45) is 0 Å². The van der Waals surface area contributed by atoms with E-state index < -0.39 is 0 Å². The zero-order valence-corrected chi connectivity index (χ0v) is 8.47. The van der Waals surface area contributed by atoms with Gasteiger partial charge in [0.15, 0.2) is 0 Å². The van der Waals surface area contributed by atoms with Crippen LogP contribution in [0.15, 0.2) is 30.3 Å². The maximum Gasteiger partial charge on any atom is 0.309 e. The van der Waals surface area contributed by atoms with E-state index in [0.717, 1.165) is 11.1 Å². The minimum Gasteiger partial charge on any atom is -0.469 e. The molecule has 0 unspecified atom stereocenters. The van der Waals surface area contributed by atoms with Gasteiger partial charge in [-0.25, -0.2) is 0 Å². The average Bonchev–Trinajstić information content (AvgIpc) is 2.26. The first-order chi connectivity index (χ1) is 7.26. The molecular formula is C12H12O3. The first-order valence-corrected chi connectivity index (χ1v) is 4.54. The van der Waals surface area contributed by atoms with Crippen molar-refractivity contribution >= 4 is 18.3 Å². The highest BCUT2D eigenvalue weighted by Gasteiger charge is 2.02. The van der Waals surface area contributed by atoms with Gasteiger partial charge < -0.3 is 4.74 Å². The lowest BCUT2D eigenvalue weighted by atomic mass is 10.1. The molecule has 0 aliphatic heterocycles. The number of allylic oxidation sites excluding steroid dienone is 1. The van der Waals surface area contributed by atoms with Crippen molar-refractivity contribution in [2.45, 2.75) is 6.42 Å². The van der Waals surface area contributed by atoms with Gasteiger partial charge in [0.2, 0.25) is 0 Å². The summed E-state index contributed by atoms with van der Waals surface area (Å²) in [4.78, 5) is 21.1. The fraction of sp³-hybridized carbons (Fsp3) is 0.167. The average molecular weight is 204 g/mol. The minimum atomic E-state index is -0.272. The van der Waals surface area contributed by atoms with Crippen LogP contribution in [0, 0.1) is 0 Å². The molecule has 0 aromatic heterocycles. The Kier molecular flexibility index (Phi) is 4.29. The molecule has 1 rings (SSSR count). The summed E-state index contributed by atoms with van der Waals surface area (Å²) in [6.07, 6.45) is 4.07. The maximum absolute atomic E-state index is 11.0. The smallest absolute Gasteiger partial charge is 0.309 e. The maximum atomic E-state index is 11.0. The fourth-order valence-electron chi connectivity index (χ4n) is 1.20. The highest BCUT2D eigenvalue weighted by atomic mass is 16.5. The van der Waals surface area contributed by atoms with Gasteiger partial charge in [-0.2, -0.15) is 0 Å². The van der Waals surface area contributed by atoms with Gasteiger partial charge in [-0.05, 0) is 17.2 Å². The van der Waals surface area contributed by atoms with Gasteiger partial charge in [0, 0.05) is 0 Å². The van der Waals surface area contributed by atoms with E-state index in [1.807, 2.05) is 24.3 Å². The van der Waals surface area contributed by atoms with Crippen LogP contribution in [0.25, 0.3) is 6.08 Å². The Morgan fingerprint density at radius 3 is 2.93 bits per heavy atom. The molecule has 1 aromatic carbocycles. The molecule has 0 N–H and O–H groups in total. The number of carbonyl (C=O) groups excluding carboxylic acids is 2. The summed E-state index contributed by atoms with van der Waals surface area (Å²) in [7, 11) is 1.36. The van der Waals surface area contributed by atoms with Crippen LogP contribution in [0.1, 0.15) is 11.1 Å². The third kappa shape index (κ3) is 3.77. The quantitative estimate of drug-likeness (QED) is 0.425. The number of methoxy groups -OCH3 is 1. The number of ether oxygens (including phenoxy) is 1. The summed E-state index contributed by atoms with van der Waals surface area (Å²) < 4.78 is 4.56. The molecule has 0 saturated carbocycles. The zero-order valence-electron chi connectivity index (χ0n) is 8.47. The summed E-state index contributed by atoms with van der Waals surface area (Å²) in [6, 6.07) is 7.38. The third-order valence-corrected chi connectivity index (χ3v) is 1.89. The first-order valence-electron chi connectivity index (χ1n) is 4.54. The van der Waals surface area contributed by atoms with E-state index in [-0.39, 0.29) is 12.4 Å². The number of aldehydes is 1. The number of rotatable bonds is 4. The molecule has 0 spiro atoms. The van der Waals surface area contributed by atoms with Gasteiger partial charge in [-0.1, -0.05) is 30.3 Å². The van der Waals surface area contributed by atoms with E-state index in [2.05, 4.69) is 4.74 Å². The lowest BCUT2D eigenvalue weighted by Gasteiger charge is -2.00. The second-order valence-electron chi connectivity index (χ2n) is 2.99. The molecule has 0 amide bonds. The second-order valence-corrected chi connectivity index (χ2v) is 2.99. The van der Waals surface area contributed by atoms with Crippen molar-refractivity contribution in [3.05, 3.63) is 41.5 Å². The lowest BCUT2D eigenvalue weighted by Crippen LogP contribution is -2.04. The highest BCUT2D eigenvalue weighted by molar-refractivity contribution is 5.75. The van der Waals surface area contributed by atoms with Gasteiger partial charge in [0.1, 0.15) is 6.29 Å². The van der Waals surface area contributed by atoms with E-state index >= 15 is 0 Å². The number of benzene rings is 1. The van der Waals surface area contributed by atoms with Crippen molar-refractivity contribution in [3.63, 3.8) is 0 Å². The molecule has 0 aliphatic rings. The number of hydrogen-bond donors (Lipinski definition) is 0. The largest absolute Gasteiger partial charge is 0.469 e. The van der Waals surface area contributed by atoms with Crippen LogP contribution in [-0.4, -0.2) is 19.4 Å². The van der Waals surface area contributed by atoms with Gasteiger partial charge in [0.05, 0.1) is 13.5 Å². The van der Waals surface area contributed by atoms with Crippen molar-refractivity contribution in [1.82, 2.24) is 0 Å². The standard InChI is InChI=1S/C12H12O3/c1-15-12(14)9-11-5-2-4-10(8-11)6-3-7-13/h2-8H,9H2,1H3. The Labute approximate surface area is 88.4 Å². The van der Waals surface area contributed by atoms with E-state index in [4.69, 9.17) is 0 Å². The molecule has 0 aliphatic carbocycles. The zero-order chi connectivity index (χ0) is 11.1. The summed E-state index contributed by atoms with van der Waals surface area (Å²) in [5.41, 5.74) is 1.76. The third-order valence-electron chi connectivity index (χ3n) is 1.89. The Morgan fingerprint density at radius 2 is 2.27 bits per heavy atom. The van der Waals surface area contributed by atoms with Crippen LogP contribution in [0.2, 0.25) is 0 Å². The van der Waals surface area contributed by atoms with Crippen LogP contribution < -0.4 is 0 Å². The van der Waals surface area contributed by atoms with Crippen molar-refractivity contribution in [1.29, 1.82) is 0 Å². The minimum absolute atomic E-state index is 0.249. The summed E-state index contributed by atoms with van der Waals surface area (Å²) in [5.74, 6) is -0.272. The molecule has 0 bridgehead atoms. The van der Waals surface area contributed by atoms with E-state index in [1.54, 1.807) is 6.08 Å². The molecule has 0 atom stereocenters. The monoisotopic (exact) mass is 204 g/mol. The number of hydrogen-bond acceptors (Lipinski definition) is 3. The molecule has 3 nitrogen and oxygen atoms in total. The van der Waals surface area contributed by atoms with E-state index in [9.17, 15) is 9.59 Å². The van der Waals surface area contributed by atoms with Crippen LogP contribution in [0.4, 0.5) is 0 Å². The van der Waals surface area contributed by atoms with Gasteiger partial charge >= 0.3 is 5.97 Å². The molecule has 15 heavy (non-hydrogen) atoms.